The molecular formula is C14H22N4O2S. The molecule has 6 nitrogen and oxygen atoms in total. The van der Waals surface area contributed by atoms with Crippen molar-refractivity contribution in [1.82, 2.24) is 19.2 Å². The zero-order chi connectivity index (χ0) is 14.9. The smallest absolute Gasteiger partial charge is 0.199 e. The molecule has 3 rings (SSSR count). The molecule has 0 saturated carbocycles. The quantitative estimate of drug-likeness (QED) is 0.626. The molecule has 7 heteroatoms. The van der Waals surface area contributed by atoms with Crippen LogP contribution < -0.4 is 0 Å². The van der Waals surface area contributed by atoms with Gasteiger partial charge in [0.2, 0.25) is 0 Å². The first-order valence-corrected chi connectivity index (χ1v) is 7.80. The first-order valence-electron chi connectivity index (χ1n) is 7.39. The number of aromatic nitrogens is 3. The molecule has 116 valence electrons. The van der Waals surface area contributed by atoms with Gasteiger partial charge in [0.05, 0.1) is 19.9 Å². The first-order chi connectivity index (χ1) is 10.1. The number of rotatable bonds is 4. The number of allylic oxidation sites excluding steroid dienone is 1. The lowest BCUT2D eigenvalue weighted by atomic mass is 10.0. The maximum absolute atomic E-state index is 5.75. The van der Waals surface area contributed by atoms with Crippen LogP contribution in [-0.2, 0) is 22.7 Å². The summed E-state index contributed by atoms with van der Waals surface area (Å²) in [6, 6.07) is 0. The first kappa shape index (κ1) is 14.9. The number of piperidine rings is 1. The van der Waals surface area contributed by atoms with E-state index in [1.807, 2.05) is 22.2 Å². The Morgan fingerprint density at radius 3 is 2.62 bits per heavy atom. The van der Waals surface area contributed by atoms with Gasteiger partial charge in [-0.05, 0) is 19.1 Å². The normalized spacial score (nSPS) is 22.0. The Bertz CT molecular complexity index is 564. The summed E-state index contributed by atoms with van der Waals surface area (Å²) >= 11 is 5.49. The van der Waals surface area contributed by atoms with Crippen molar-refractivity contribution in [3.63, 3.8) is 0 Å². The predicted molar refractivity (Wildman–Crippen MR) is 81.4 cm³/mol. The molecule has 0 bridgehead atoms. The predicted octanol–water partition coefficient (Wildman–Crippen LogP) is 1.70. The summed E-state index contributed by atoms with van der Waals surface area (Å²) in [7, 11) is 0. The molecule has 1 aromatic heterocycles. The van der Waals surface area contributed by atoms with Crippen LogP contribution in [0.2, 0.25) is 0 Å². The van der Waals surface area contributed by atoms with E-state index in [1.165, 1.54) is 0 Å². The van der Waals surface area contributed by atoms with Gasteiger partial charge in [-0.3, -0.25) is 4.90 Å². The Morgan fingerprint density at radius 1 is 1.33 bits per heavy atom. The Morgan fingerprint density at radius 2 is 2.00 bits per heavy atom. The number of aryl methyl sites for hydroxylation is 1. The van der Waals surface area contributed by atoms with Crippen molar-refractivity contribution in [2.24, 2.45) is 0 Å². The van der Waals surface area contributed by atoms with Crippen LogP contribution in [0, 0.1) is 11.7 Å². The highest BCUT2D eigenvalue weighted by Crippen LogP contribution is 2.31. The van der Waals surface area contributed by atoms with Gasteiger partial charge < -0.3 is 14.0 Å². The average molecular weight is 310 g/mol. The van der Waals surface area contributed by atoms with Gasteiger partial charge in [-0.1, -0.05) is 6.08 Å². The van der Waals surface area contributed by atoms with Crippen LogP contribution in [0.4, 0.5) is 0 Å². The largest absolute Gasteiger partial charge is 0.347 e. The number of nitrogens with zero attached hydrogens (tertiary/aromatic N) is 4. The molecule has 0 unspecified atom stereocenters. The Balaban J connectivity index is 1.64. The molecule has 0 N–H and O–H groups in total. The Kier molecular flexibility index (Phi) is 4.26. The fourth-order valence-corrected chi connectivity index (χ4v) is 3.30. The summed E-state index contributed by atoms with van der Waals surface area (Å²) in [5, 5.41) is 4.54. The second-order valence-electron chi connectivity index (χ2n) is 5.60. The van der Waals surface area contributed by atoms with Gasteiger partial charge >= 0.3 is 0 Å². The van der Waals surface area contributed by atoms with Crippen molar-refractivity contribution in [3.05, 3.63) is 23.3 Å². The van der Waals surface area contributed by atoms with E-state index in [9.17, 15) is 0 Å². The number of ether oxygens (including phenoxy) is 2. The lowest BCUT2D eigenvalue weighted by Crippen LogP contribution is -2.45. The van der Waals surface area contributed by atoms with Crippen LogP contribution in [0.1, 0.15) is 18.7 Å². The topological polar surface area (TPSA) is 44.5 Å². The standard InChI is InChI=1S/C14H22N4O2S/c1-3-6-17-12(2)15-18(13(17)21)11-16-7-4-14(5-8-16)19-9-10-20-14/h3H,1,4-11H2,2H3. The van der Waals surface area contributed by atoms with Crippen molar-refractivity contribution in [2.45, 2.75) is 38.8 Å². The fourth-order valence-electron chi connectivity index (χ4n) is 2.99. The van der Waals surface area contributed by atoms with E-state index in [0.29, 0.717) is 6.54 Å². The lowest BCUT2D eigenvalue weighted by Gasteiger charge is -2.37. The number of hydrogen-bond acceptors (Lipinski definition) is 5. The molecule has 0 radical (unpaired) electrons. The second kappa shape index (κ2) is 6.00. The third kappa shape index (κ3) is 2.96. The molecule has 21 heavy (non-hydrogen) atoms. The highest BCUT2D eigenvalue weighted by Gasteiger charge is 2.39. The van der Waals surface area contributed by atoms with Gasteiger partial charge in [-0.2, -0.15) is 5.10 Å². The molecule has 0 aromatic carbocycles. The maximum Gasteiger partial charge on any atom is 0.199 e. The summed E-state index contributed by atoms with van der Waals surface area (Å²) in [6.07, 6.45) is 3.66. The van der Waals surface area contributed by atoms with Crippen LogP contribution in [0.3, 0.4) is 0 Å². The fraction of sp³-hybridized carbons (Fsp3) is 0.714. The second-order valence-corrected chi connectivity index (χ2v) is 5.96. The minimum atomic E-state index is -0.323. The van der Waals surface area contributed by atoms with Crippen molar-refractivity contribution < 1.29 is 9.47 Å². The molecule has 2 aliphatic rings. The molecule has 1 aromatic rings. The monoisotopic (exact) mass is 310 g/mol. The Hall–Kier alpha value is -1.02. The molecular weight excluding hydrogens is 288 g/mol. The van der Waals surface area contributed by atoms with Crippen molar-refractivity contribution in [3.8, 4) is 0 Å². The summed E-state index contributed by atoms with van der Waals surface area (Å²) < 4.78 is 16.1. The van der Waals surface area contributed by atoms with Crippen LogP contribution in [0.15, 0.2) is 12.7 Å². The van der Waals surface area contributed by atoms with Gasteiger partial charge in [0.1, 0.15) is 5.82 Å². The number of likely N-dealkylation sites (tertiary alicyclic amines) is 1. The highest BCUT2D eigenvalue weighted by molar-refractivity contribution is 7.71. The van der Waals surface area contributed by atoms with E-state index in [4.69, 9.17) is 21.7 Å². The van der Waals surface area contributed by atoms with Crippen LogP contribution in [0.5, 0.6) is 0 Å². The molecule has 2 fully saturated rings. The SMILES string of the molecule is C=CCn1c(C)nn(CN2CCC3(CC2)OCCO3)c1=S. The van der Waals surface area contributed by atoms with Gasteiger partial charge in [-0.25, -0.2) is 4.68 Å². The van der Waals surface area contributed by atoms with Crippen LogP contribution in [0.25, 0.3) is 0 Å². The Labute approximate surface area is 129 Å². The van der Waals surface area contributed by atoms with Gasteiger partial charge in [0, 0.05) is 32.5 Å². The van der Waals surface area contributed by atoms with Crippen LogP contribution >= 0.6 is 12.2 Å². The van der Waals surface area contributed by atoms with Gasteiger partial charge in [-0.15, -0.1) is 6.58 Å². The average Bonchev–Trinajstić information content (AvgIpc) is 3.03. The van der Waals surface area contributed by atoms with E-state index < -0.39 is 0 Å². The molecule has 2 saturated heterocycles. The molecule has 1 spiro atoms. The minimum Gasteiger partial charge on any atom is -0.347 e. The minimum absolute atomic E-state index is 0.323. The molecule has 0 amide bonds. The number of hydrogen-bond donors (Lipinski definition) is 0. The maximum atomic E-state index is 5.75. The summed E-state index contributed by atoms with van der Waals surface area (Å²) in [6.45, 7) is 10.5. The van der Waals surface area contributed by atoms with Crippen LogP contribution in [-0.4, -0.2) is 51.3 Å². The van der Waals surface area contributed by atoms with E-state index in [0.717, 1.165) is 56.4 Å². The third-order valence-electron chi connectivity index (χ3n) is 4.18. The van der Waals surface area contributed by atoms with E-state index in [-0.39, 0.29) is 5.79 Å². The van der Waals surface area contributed by atoms with E-state index in [2.05, 4.69) is 16.6 Å². The van der Waals surface area contributed by atoms with Gasteiger partial charge in [0.25, 0.3) is 0 Å². The highest BCUT2D eigenvalue weighted by atomic mass is 32.1. The van der Waals surface area contributed by atoms with E-state index in [1.54, 1.807) is 0 Å². The molecule has 2 aliphatic heterocycles. The molecule has 0 atom stereocenters. The van der Waals surface area contributed by atoms with Crippen molar-refractivity contribution in [2.75, 3.05) is 26.3 Å². The van der Waals surface area contributed by atoms with Gasteiger partial charge in [0.15, 0.2) is 10.6 Å². The zero-order valence-electron chi connectivity index (χ0n) is 12.5. The van der Waals surface area contributed by atoms with Crippen molar-refractivity contribution >= 4 is 12.2 Å². The zero-order valence-corrected chi connectivity index (χ0v) is 13.3. The van der Waals surface area contributed by atoms with E-state index >= 15 is 0 Å². The summed E-state index contributed by atoms with van der Waals surface area (Å²) in [5.41, 5.74) is 0. The summed E-state index contributed by atoms with van der Waals surface area (Å²) in [5.74, 6) is 0.603. The molecule has 3 heterocycles. The third-order valence-corrected chi connectivity index (χ3v) is 4.62. The van der Waals surface area contributed by atoms with Crippen molar-refractivity contribution in [1.29, 1.82) is 0 Å². The summed E-state index contributed by atoms with van der Waals surface area (Å²) in [4.78, 5) is 2.34. The lowest BCUT2D eigenvalue weighted by molar-refractivity contribution is -0.187. The molecule has 0 aliphatic carbocycles.